The molecule has 0 fully saturated rings. The van der Waals surface area contributed by atoms with Gasteiger partial charge < -0.3 is 19.7 Å². The molecule has 3 rings (SSSR count). The highest BCUT2D eigenvalue weighted by atomic mass is 35.5. The minimum Gasteiger partial charge on any atom is -0.493 e. The SMILES string of the molecule is CCC(C)NC(=O)C(CC)N(Cc1ccccc1Cl)C(=O)CN(c1cc(C)cc(C)c1)S(=O)(=O)c1ccc(OC)c(OC)c1. The number of hydrogen-bond donors (Lipinski definition) is 1. The van der Waals surface area contributed by atoms with Crippen LogP contribution in [0.4, 0.5) is 5.69 Å². The van der Waals surface area contributed by atoms with E-state index in [-0.39, 0.29) is 29.1 Å². The third-order valence-electron chi connectivity index (χ3n) is 7.40. The van der Waals surface area contributed by atoms with E-state index in [9.17, 15) is 18.0 Å². The Morgan fingerprint density at radius 3 is 2.11 bits per heavy atom. The normalized spacial score (nSPS) is 12.6. The van der Waals surface area contributed by atoms with Gasteiger partial charge in [0.15, 0.2) is 11.5 Å². The van der Waals surface area contributed by atoms with E-state index in [2.05, 4.69) is 5.32 Å². The van der Waals surface area contributed by atoms with Gasteiger partial charge in [-0.15, -0.1) is 0 Å². The first kappa shape index (κ1) is 34.7. The number of hydrogen-bond acceptors (Lipinski definition) is 6. The molecule has 0 aliphatic heterocycles. The molecule has 2 amide bonds. The average molecular weight is 644 g/mol. The number of aryl methyl sites for hydroxylation is 2. The third-order valence-corrected chi connectivity index (χ3v) is 9.54. The summed E-state index contributed by atoms with van der Waals surface area (Å²) in [4.78, 5) is 29.1. The van der Waals surface area contributed by atoms with E-state index in [4.69, 9.17) is 21.1 Å². The van der Waals surface area contributed by atoms with Gasteiger partial charge in [0.1, 0.15) is 12.6 Å². The molecule has 1 N–H and O–H groups in total. The Bertz CT molecular complexity index is 1560. The molecule has 238 valence electrons. The quantitative estimate of drug-likeness (QED) is 0.235. The zero-order chi connectivity index (χ0) is 32.6. The second-order valence-corrected chi connectivity index (χ2v) is 13.0. The van der Waals surface area contributed by atoms with Gasteiger partial charge in [-0.1, -0.05) is 49.7 Å². The molecule has 0 spiro atoms. The van der Waals surface area contributed by atoms with Crippen molar-refractivity contribution in [1.29, 1.82) is 0 Å². The van der Waals surface area contributed by atoms with E-state index in [1.165, 1.54) is 37.3 Å². The van der Waals surface area contributed by atoms with Crippen LogP contribution in [0, 0.1) is 13.8 Å². The monoisotopic (exact) mass is 643 g/mol. The molecule has 2 atom stereocenters. The Balaban J connectivity index is 2.15. The van der Waals surface area contributed by atoms with Crippen molar-refractivity contribution in [2.45, 2.75) is 71.0 Å². The fraction of sp³-hybridized carbons (Fsp3) is 0.394. The summed E-state index contributed by atoms with van der Waals surface area (Å²) in [5, 5.41) is 3.41. The average Bonchev–Trinajstić information content (AvgIpc) is 2.99. The van der Waals surface area contributed by atoms with Crippen LogP contribution >= 0.6 is 11.6 Å². The molecule has 3 aromatic rings. The van der Waals surface area contributed by atoms with Gasteiger partial charge in [-0.05, 0) is 80.6 Å². The summed E-state index contributed by atoms with van der Waals surface area (Å²) in [6, 6.07) is 15.7. The summed E-state index contributed by atoms with van der Waals surface area (Å²) in [6.45, 7) is 8.84. The van der Waals surface area contributed by atoms with Crippen LogP contribution in [0.15, 0.2) is 65.6 Å². The lowest BCUT2D eigenvalue weighted by molar-refractivity contribution is -0.140. The fourth-order valence-electron chi connectivity index (χ4n) is 4.90. The Morgan fingerprint density at radius 1 is 0.909 bits per heavy atom. The van der Waals surface area contributed by atoms with Gasteiger partial charge in [-0.2, -0.15) is 0 Å². The number of anilines is 1. The first-order valence-corrected chi connectivity index (χ1v) is 16.3. The van der Waals surface area contributed by atoms with Crippen LogP contribution in [0.5, 0.6) is 11.5 Å². The number of nitrogens with zero attached hydrogens (tertiary/aromatic N) is 2. The third kappa shape index (κ3) is 8.24. The van der Waals surface area contributed by atoms with Gasteiger partial charge in [-0.3, -0.25) is 13.9 Å². The smallest absolute Gasteiger partial charge is 0.264 e. The van der Waals surface area contributed by atoms with Gasteiger partial charge >= 0.3 is 0 Å². The van der Waals surface area contributed by atoms with Gasteiger partial charge in [-0.25, -0.2) is 8.42 Å². The number of methoxy groups -OCH3 is 2. The standard InChI is InChI=1S/C33H42ClN3O6S/c1-8-24(5)35-33(39)29(9-2)36(20-25-12-10-11-13-28(25)34)32(38)21-37(26-17-22(3)16-23(4)18-26)44(40,41)27-14-15-30(42-6)31(19-27)43-7/h10-19,24,29H,8-9,20-21H2,1-7H3,(H,35,39). The van der Waals surface area contributed by atoms with Gasteiger partial charge in [0.05, 0.1) is 24.8 Å². The van der Waals surface area contributed by atoms with E-state index in [0.717, 1.165) is 15.4 Å². The van der Waals surface area contributed by atoms with Crippen molar-refractivity contribution in [3.05, 3.63) is 82.4 Å². The first-order valence-electron chi connectivity index (χ1n) is 14.5. The molecule has 0 aliphatic carbocycles. The van der Waals surface area contributed by atoms with Crippen LogP contribution < -0.4 is 19.1 Å². The highest BCUT2D eigenvalue weighted by Gasteiger charge is 2.34. The summed E-state index contributed by atoms with van der Waals surface area (Å²) >= 11 is 6.48. The molecule has 9 nitrogen and oxygen atoms in total. The van der Waals surface area contributed by atoms with Crippen molar-refractivity contribution in [3.8, 4) is 11.5 Å². The molecule has 0 saturated carbocycles. The summed E-state index contributed by atoms with van der Waals surface area (Å²) in [5.74, 6) is -0.278. The van der Waals surface area contributed by atoms with E-state index in [0.29, 0.717) is 34.9 Å². The van der Waals surface area contributed by atoms with Gasteiger partial charge in [0.2, 0.25) is 11.8 Å². The number of rotatable bonds is 14. The first-order chi connectivity index (χ1) is 20.9. The van der Waals surface area contributed by atoms with E-state index in [1.807, 2.05) is 40.7 Å². The number of ether oxygens (including phenoxy) is 2. The summed E-state index contributed by atoms with van der Waals surface area (Å²) in [7, 11) is -1.43. The maximum absolute atomic E-state index is 14.3. The lowest BCUT2D eigenvalue weighted by atomic mass is 10.1. The van der Waals surface area contributed by atoms with Crippen molar-refractivity contribution >= 4 is 39.1 Å². The van der Waals surface area contributed by atoms with Crippen molar-refractivity contribution in [2.75, 3.05) is 25.1 Å². The Labute approximate surface area is 266 Å². The minimum absolute atomic E-state index is 0.0159. The number of carbonyl (C=O) groups is 2. The van der Waals surface area contributed by atoms with Crippen molar-refractivity contribution in [2.24, 2.45) is 0 Å². The van der Waals surface area contributed by atoms with Crippen LogP contribution in [0.2, 0.25) is 5.02 Å². The maximum Gasteiger partial charge on any atom is 0.264 e. The fourth-order valence-corrected chi connectivity index (χ4v) is 6.51. The number of sulfonamides is 1. The van der Waals surface area contributed by atoms with Crippen molar-refractivity contribution in [1.82, 2.24) is 10.2 Å². The zero-order valence-electron chi connectivity index (χ0n) is 26.4. The van der Waals surface area contributed by atoms with Crippen LogP contribution in [0.1, 0.15) is 50.3 Å². The zero-order valence-corrected chi connectivity index (χ0v) is 28.0. The van der Waals surface area contributed by atoms with E-state index >= 15 is 0 Å². The number of amides is 2. The maximum atomic E-state index is 14.3. The molecular formula is C33H42ClN3O6S. The predicted molar refractivity (Wildman–Crippen MR) is 174 cm³/mol. The summed E-state index contributed by atoms with van der Waals surface area (Å²) < 4.78 is 40.4. The van der Waals surface area contributed by atoms with E-state index in [1.54, 1.807) is 36.4 Å². The molecule has 0 aromatic heterocycles. The largest absolute Gasteiger partial charge is 0.493 e. The van der Waals surface area contributed by atoms with Gasteiger partial charge in [0, 0.05) is 23.7 Å². The summed E-state index contributed by atoms with van der Waals surface area (Å²) in [6.07, 6.45) is 1.02. The van der Waals surface area contributed by atoms with Crippen LogP contribution in [-0.4, -0.2) is 58.0 Å². The number of benzene rings is 3. The van der Waals surface area contributed by atoms with Crippen LogP contribution in [0.25, 0.3) is 0 Å². The molecule has 3 aromatic carbocycles. The number of carbonyl (C=O) groups excluding carboxylic acids is 2. The lowest BCUT2D eigenvalue weighted by Crippen LogP contribution is -2.53. The molecule has 0 heterocycles. The molecule has 0 saturated heterocycles. The molecule has 2 unspecified atom stereocenters. The van der Waals surface area contributed by atoms with E-state index < -0.39 is 28.5 Å². The number of nitrogens with one attached hydrogen (secondary N) is 1. The number of halogens is 1. The topological polar surface area (TPSA) is 105 Å². The van der Waals surface area contributed by atoms with Crippen LogP contribution in [-0.2, 0) is 26.2 Å². The highest BCUT2D eigenvalue weighted by molar-refractivity contribution is 7.92. The summed E-state index contributed by atoms with van der Waals surface area (Å²) in [5.41, 5.74) is 2.61. The highest BCUT2D eigenvalue weighted by Crippen LogP contribution is 2.33. The molecule has 0 aliphatic rings. The van der Waals surface area contributed by atoms with Crippen LogP contribution in [0.3, 0.4) is 0 Å². The Kier molecular flexibility index (Phi) is 12.1. The van der Waals surface area contributed by atoms with Crippen molar-refractivity contribution < 1.29 is 27.5 Å². The second kappa shape index (κ2) is 15.3. The Morgan fingerprint density at radius 2 is 1.55 bits per heavy atom. The molecule has 11 heteroatoms. The molecule has 0 bridgehead atoms. The minimum atomic E-state index is -4.31. The Hall–Kier alpha value is -3.76. The van der Waals surface area contributed by atoms with Crippen molar-refractivity contribution in [3.63, 3.8) is 0 Å². The second-order valence-electron chi connectivity index (χ2n) is 10.7. The predicted octanol–water partition coefficient (Wildman–Crippen LogP) is 5.89. The molecule has 44 heavy (non-hydrogen) atoms. The lowest BCUT2D eigenvalue weighted by Gasteiger charge is -2.34. The molecular weight excluding hydrogens is 602 g/mol. The molecule has 0 radical (unpaired) electrons. The van der Waals surface area contributed by atoms with Gasteiger partial charge in [0.25, 0.3) is 10.0 Å².